The number of furan rings is 1. The molecule has 1 aliphatic rings. The summed E-state index contributed by atoms with van der Waals surface area (Å²) >= 11 is 1.48. The summed E-state index contributed by atoms with van der Waals surface area (Å²) in [5, 5.41) is 6.61. The summed E-state index contributed by atoms with van der Waals surface area (Å²) in [5.74, 6) is 1.07. The average Bonchev–Trinajstić information content (AvgIpc) is 3.56. The lowest BCUT2D eigenvalue weighted by Crippen LogP contribution is -2.34. The van der Waals surface area contributed by atoms with Gasteiger partial charge in [0.2, 0.25) is 0 Å². The molecule has 0 aliphatic carbocycles. The maximum Gasteiger partial charge on any atom is 0.263 e. The van der Waals surface area contributed by atoms with Crippen molar-refractivity contribution in [3.63, 3.8) is 0 Å². The van der Waals surface area contributed by atoms with Crippen LogP contribution in [0.2, 0.25) is 0 Å². The third kappa shape index (κ3) is 3.74. The summed E-state index contributed by atoms with van der Waals surface area (Å²) in [4.78, 5) is 32.5. The SMILES string of the molecule is COc1ccc(C2=NN(C(=O)Cn3cnc4sc(C)c(C)c4c3=O)C(c3ccco3)C2)cc1. The number of rotatable bonds is 5. The molecule has 1 atom stereocenters. The maximum absolute atomic E-state index is 13.3. The third-order valence-electron chi connectivity index (χ3n) is 5.92. The summed E-state index contributed by atoms with van der Waals surface area (Å²) in [6.45, 7) is 3.71. The van der Waals surface area contributed by atoms with E-state index in [1.54, 1.807) is 19.4 Å². The van der Waals surface area contributed by atoms with Crippen molar-refractivity contribution >= 4 is 33.2 Å². The first-order valence-electron chi connectivity index (χ1n) is 10.5. The van der Waals surface area contributed by atoms with Crippen LogP contribution < -0.4 is 10.3 Å². The second-order valence-corrected chi connectivity index (χ2v) is 9.09. The van der Waals surface area contributed by atoms with E-state index in [-0.39, 0.29) is 24.1 Å². The molecule has 168 valence electrons. The Balaban J connectivity index is 1.48. The first-order chi connectivity index (χ1) is 16.0. The lowest BCUT2D eigenvalue weighted by atomic mass is 10.0. The molecule has 4 heterocycles. The van der Waals surface area contributed by atoms with Gasteiger partial charge in [-0.25, -0.2) is 9.99 Å². The van der Waals surface area contributed by atoms with Crippen LogP contribution in [0, 0.1) is 13.8 Å². The Hall–Kier alpha value is -3.72. The summed E-state index contributed by atoms with van der Waals surface area (Å²) in [5.41, 5.74) is 2.34. The normalized spacial score (nSPS) is 15.8. The van der Waals surface area contributed by atoms with Gasteiger partial charge in [0.1, 0.15) is 28.9 Å². The largest absolute Gasteiger partial charge is 0.497 e. The number of hydrogen-bond donors (Lipinski definition) is 0. The fourth-order valence-corrected chi connectivity index (χ4v) is 4.99. The van der Waals surface area contributed by atoms with Gasteiger partial charge in [0.05, 0.1) is 30.8 Å². The Morgan fingerprint density at radius 1 is 1.24 bits per heavy atom. The summed E-state index contributed by atoms with van der Waals surface area (Å²) in [7, 11) is 1.61. The van der Waals surface area contributed by atoms with E-state index in [4.69, 9.17) is 9.15 Å². The van der Waals surface area contributed by atoms with E-state index in [9.17, 15) is 9.59 Å². The van der Waals surface area contributed by atoms with E-state index in [0.29, 0.717) is 22.4 Å². The van der Waals surface area contributed by atoms with Crippen molar-refractivity contribution in [3.05, 3.63) is 81.1 Å². The van der Waals surface area contributed by atoms with Gasteiger partial charge in [-0.2, -0.15) is 5.10 Å². The number of carbonyl (C=O) groups excluding carboxylic acids is 1. The van der Waals surface area contributed by atoms with Gasteiger partial charge in [-0.1, -0.05) is 0 Å². The molecule has 1 unspecified atom stereocenters. The number of benzene rings is 1. The number of amides is 1. The molecule has 0 saturated heterocycles. The Bertz CT molecular complexity index is 1420. The van der Waals surface area contributed by atoms with E-state index in [2.05, 4.69) is 10.1 Å². The fourth-order valence-electron chi connectivity index (χ4n) is 4.00. The molecule has 1 aliphatic heterocycles. The summed E-state index contributed by atoms with van der Waals surface area (Å²) in [6.07, 6.45) is 3.51. The third-order valence-corrected chi connectivity index (χ3v) is 7.04. The van der Waals surface area contributed by atoms with Crippen molar-refractivity contribution in [1.82, 2.24) is 14.6 Å². The second kappa shape index (κ2) is 8.32. The maximum atomic E-state index is 13.3. The second-order valence-electron chi connectivity index (χ2n) is 7.89. The van der Waals surface area contributed by atoms with Gasteiger partial charge in [-0.15, -0.1) is 11.3 Å². The number of carbonyl (C=O) groups is 1. The summed E-state index contributed by atoms with van der Waals surface area (Å²) < 4.78 is 12.2. The van der Waals surface area contributed by atoms with Crippen LogP contribution in [0.3, 0.4) is 0 Å². The minimum atomic E-state index is -0.387. The Kier molecular flexibility index (Phi) is 5.33. The molecular weight excluding hydrogens is 440 g/mol. The number of fused-ring (bicyclic) bond motifs is 1. The van der Waals surface area contributed by atoms with E-state index in [1.165, 1.54) is 27.2 Å². The molecule has 0 spiro atoms. The Morgan fingerprint density at radius 3 is 2.73 bits per heavy atom. The van der Waals surface area contributed by atoms with Crippen molar-refractivity contribution in [3.8, 4) is 5.75 Å². The van der Waals surface area contributed by atoms with Gasteiger partial charge in [0.25, 0.3) is 11.5 Å². The monoisotopic (exact) mass is 462 g/mol. The minimum Gasteiger partial charge on any atom is -0.497 e. The van der Waals surface area contributed by atoms with Gasteiger partial charge < -0.3 is 9.15 Å². The van der Waals surface area contributed by atoms with Crippen LogP contribution in [-0.2, 0) is 11.3 Å². The van der Waals surface area contributed by atoms with Crippen LogP contribution in [0.4, 0.5) is 0 Å². The highest BCUT2D eigenvalue weighted by Crippen LogP contribution is 2.33. The smallest absolute Gasteiger partial charge is 0.263 e. The van der Waals surface area contributed by atoms with E-state index >= 15 is 0 Å². The van der Waals surface area contributed by atoms with Gasteiger partial charge in [0, 0.05) is 11.3 Å². The average molecular weight is 463 g/mol. The Morgan fingerprint density at radius 2 is 2.03 bits per heavy atom. The fraction of sp³-hybridized carbons (Fsp3) is 0.250. The zero-order valence-electron chi connectivity index (χ0n) is 18.4. The minimum absolute atomic E-state index is 0.160. The number of ether oxygens (including phenoxy) is 1. The van der Waals surface area contributed by atoms with Gasteiger partial charge in [-0.05, 0) is 61.4 Å². The van der Waals surface area contributed by atoms with E-state index in [0.717, 1.165) is 27.5 Å². The lowest BCUT2D eigenvalue weighted by molar-refractivity contribution is -0.134. The molecule has 3 aromatic heterocycles. The van der Waals surface area contributed by atoms with Crippen molar-refractivity contribution < 1.29 is 13.9 Å². The number of hydrogen-bond acceptors (Lipinski definition) is 7. The highest BCUT2D eigenvalue weighted by atomic mass is 32.1. The van der Waals surface area contributed by atoms with Crippen LogP contribution in [0.25, 0.3) is 10.2 Å². The molecule has 4 aromatic rings. The van der Waals surface area contributed by atoms with Crippen molar-refractivity contribution in [2.75, 3.05) is 7.11 Å². The number of aromatic nitrogens is 2. The zero-order chi connectivity index (χ0) is 23.1. The van der Waals surface area contributed by atoms with E-state index < -0.39 is 0 Å². The lowest BCUT2D eigenvalue weighted by Gasteiger charge is -2.20. The number of nitrogens with zero attached hydrogens (tertiary/aromatic N) is 4. The molecule has 0 radical (unpaired) electrons. The Labute approximate surface area is 193 Å². The molecular formula is C24H22N4O4S. The van der Waals surface area contributed by atoms with Gasteiger partial charge in [0.15, 0.2) is 0 Å². The van der Waals surface area contributed by atoms with Crippen molar-refractivity contribution in [2.45, 2.75) is 32.9 Å². The molecule has 9 heteroatoms. The highest BCUT2D eigenvalue weighted by molar-refractivity contribution is 7.18. The number of hydrazone groups is 1. The quantitative estimate of drug-likeness (QED) is 0.446. The number of aryl methyl sites for hydroxylation is 2. The van der Waals surface area contributed by atoms with Gasteiger partial charge in [-0.3, -0.25) is 14.2 Å². The number of thiophene rings is 1. The van der Waals surface area contributed by atoms with Crippen LogP contribution in [0.1, 0.15) is 34.2 Å². The summed E-state index contributed by atoms with van der Waals surface area (Å²) in [6, 6.07) is 10.8. The number of methoxy groups -OCH3 is 1. The molecule has 0 saturated carbocycles. The highest BCUT2D eigenvalue weighted by Gasteiger charge is 2.35. The molecule has 0 fully saturated rings. The van der Waals surface area contributed by atoms with Crippen LogP contribution >= 0.6 is 11.3 Å². The molecule has 0 N–H and O–H groups in total. The first kappa shape index (κ1) is 21.1. The molecule has 5 rings (SSSR count). The predicted octanol–water partition coefficient (Wildman–Crippen LogP) is 4.05. The zero-order valence-corrected chi connectivity index (χ0v) is 19.3. The predicted molar refractivity (Wildman–Crippen MR) is 126 cm³/mol. The molecule has 1 amide bonds. The van der Waals surface area contributed by atoms with Crippen LogP contribution in [0.5, 0.6) is 5.75 Å². The first-order valence-corrected chi connectivity index (χ1v) is 11.3. The standard InChI is InChI=1S/C24H22N4O4S/c1-14-15(2)33-23-22(14)24(30)27(13-25-23)12-21(29)28-19(20-5-4-10-32-20)11-18(26-28)16-6-8-17(31-3)9-7-16/h4-10,13,19H,11-12H2,1-3H3. The molecule has 33 heavy (non-hydrogen) atoms. The molecule has 1 aromatic carbocycles. The van der Waals surface area contributed by atoms with Crippen LogP contribution in [-0.4, -0.2) is 33.3 Å². The van der Waals surface area contributed by atoms with Crippen molar-refractivity contribution in [1.29, 1.82) is 0 Å². The van der Waals surface area contributed by atoms with Crippen molar-refractivity contribution in [2.24, 2.45) is 5.10 Å². The van der Waals surface area contributed by atoms with Gasteiger partial charge >= 0.3 is 0 Å². The van der Waals surface area contributed by atoms with Crippen LogP contribution in [0.15, 0.2) is 63.3 Å². The molecule has 8 nitrogen and oxygen atoms in total. The van der Waals surface area contributed by atoms with E-state index in [1.807, 2.05) is 44.2 Å². The molecule has 0 bridgehead atoms. The topological polar surface area (TPSA) is 89.9 Å².